The van der Waals surface area contributed by atoms with E-state index in [2.05, 4.69) is 5.32 Å². The molecule has 3 nitrogen and oxygen atoms in total. The molecule has 2 rings (SSSR count). The Balaban J connectivity index is 1.80. The Morgan fingerprint density at radius 3 is 2.84 bits per heavy atom. The summed E-state index contributed by atoms with van der Waals surface area (Å²) in [6, 6.07) is 7.39. The molecule has 1 saturated carbocycles. The summed E-state index contributed by atoms with van der Waals surface area (Å²) in [6.07, 6.45) is 3.36. The van der Waals surface area contributed by atoms with Gasteiger partial charge in [0, 0.05) is 4.90 Å². The second-order valence-corrected chi connectivity index (χ2v) is 6.17. The fourth-order valence-corrected chi connectivity index (χ4v) is 3.28. The van der Waals surface area contributed by atoms with Crippen molar-refractivity contribution in [3.05, 3.63) is 29.3 Å². The highest BCUT2D eigenvalue weighted by atomic mass is 35.5. The molecule has 1 aliphatic rings. The van der Waals surface area contributed by atoms with E-state index in [1.165, 1.54) is 11.8 Å². The summed E-state index contributed by atoms with van der Waals surface area (Å²) in [5, 5.41) is 13.4. The van der Waals surface area contributed by atoms with Crippen LogP contribution in [0.15, 0.2) is 29.2 Å². The van der Waals surface area contributed by atoms with Crippen molar-refractivity contribution in [1.82, 2.24) is 5.32 Å². The molecule has 1 amide bonds. The topological polar surface area (TPSA) is 49.3 Å². The van der Waals surface area contributed by atoms with Crippen molar-refractivity contribution < 1.29 is 9.90 Å². The zero-order chi connectivity index (χ0) is 13.7. The molecule has 2 unspecified atom stereocenters. The minimum atomic E-state index is -0.400. The van der Waals surface area contributed by atoms with Gasteiger partial charge in [-0.15, -0.1) is 11.8 Å². The molecule has 1 aliphatic carbocycles. The van der Waals surface area contributed by atoms with E-state index in [1.54, 1.807) is 0 Å². The van der Waals surface area contributed by atoms with Gasteiger partial charge in [-0.05, 0) is 25.0 Å². The van der Waals surface area contributed by atoms with Crippen LogP contribution in [0.2, 0.25) is 5.02 Å². The Morgan fingerprint density at radius 1 is 1.37 bits per heavy atom. The van der Waals surface area contributed by atoms with Gasteiger partial charge >= 0.3 is 0 Å². The third-order valence-corrected chi connectivity index (χ3v) is 4.79. The summed E-state index contributed by atoms with van der Waals surface area (Å²) in [4.78, 5) is 12.8. The first-order valence-corrected chi connectivity index (χ1v) is 7.88. The van der Waals surface area contributed by atoms with Gasteiger partial charge in [0.2, 0.25) is 5.91 Å². The molecule has 0 bridgehead atoms. The Kier molecular flexibility index (Phi) is 5.55. The highest BCUT2D eigenvalue weighted by molar-refractivity contribution is 8.00. The summed E-state index contributed by atoms with van der Waals surface area (Å²) in [5.41, 5.74) is 0. The minimum absolute atomic E-state index is 0.0455. The summed E-state index contributed by atoms with van der Waals surface area (Å²) < 4.78 is 0. The summed E-state index contributed by atoms with van der Waals surface area (Å²) in [5.74, 6) is 0.281. The molecule has 1 aromatic carbocycles. The van der Waals surface area contributed by atoms with Crippen molar-refractivity contribution >= 4 is 29.3 Å². The molecule has 2 atom stereocenters. The average molecular weight is 300 g/mol. The van der Waals surface area contributed by atoms with Gasteiger partial charge in [0.25, 0.3) is 0 Å². The number of carbonyl (C=O) groups excluding carboxylic acids is 1. The molecule has 0 radical (unpaired) electrons. The minimum Gasteiger partial charge on any atom is -0.391 e. The van der Waals surface area contributed by atoms with Crippen molar-refractivity contribution in [1.29, 1.82) is 0 Å². The Hall–Kier alpha value is -0.710. The summed E-state index contributed by atoms with van der Waals surface area (Å²) in [6.45, 7) is 0. The van der Waals surface area contributed by atoms with Gasteiger partial charge in [-0.1, -0.05) is 36.6 Å². The first-order valence-electron chi connectivity index (χ1n) is 6.51. The number of nitrogens with one attached hydrogen (secondary N) is 1. The van der Waals surface area contributed by atoms with Gasteiger partial charge < -0.3 is 10.4 Å². The molecular weight excluding hydrogens is 282 g/mol. The van der Waals surface area contributed by atoms with E-state index in [-0.39, 0.29) is 11.9 Å². The van der Waals surface area contributed by atoms with Crippen LogP contribution in [0, 0.1) is 0 Å². The first kappa shape index (κ1) is 14.7. The number of aliphatic hydroxyl groups excluding tert-OH is 1. The van der Waals surface area contributed by atoms with Crippen molar-refractivity contribution in [3.8, 4) is 0 Å². The number of carbonyl (C=O) groups is 1. The third-order valence-electron chi connectivity index (χ3n) is 3.27. The lowest BCUT2D eigenvalue weighted by Gasteiger charge is -2.28. The van der Waals surface area contributed by atoms with E-state index in [0.29, 0.717) is 10.8 Å². The normalized spacial score (nSPS) is 23.1. The van der Waals surface area contributed by atoms with Crippen LogP contribution in [0.1, 0.15) is 25.7 Å². The van der Waals surface area contributed by atoms with Crippen LogP contribution in [0.5, 0.6) is 0 Å². The molecule has 0 heterocycles. The predicted octanol–water partition coefficient (Wildman–Crippen LogP) is 2.85. The van der Waals surface area contributed by atoms with E-state index in [0.717, 1.165) is 30.6 Å². The van der Waals surface area contributed by atoms with Gasteiger partial charge in [-0.25, -0.2) is 0 Å². The monoisotopic (exact) mass is 299 g/mol. The number of halogens is 1. The van der Waals surface area contributed by atoms with Crippen molar-refractivity contribution in [2.24, 2.45) is 0 Å². The zero-order valence-electron chi connectivity index (χ0n) is 10.6. The van der Waals surface area contributed by atoms with Crippen LogP contribution >= 0.6 is 23.4 Å². The predicted molar refractivity (Wildman–Crippen MR) is 78.6 cm³/mol. The quantitative estimate of drug-likeness (QED) is 0.841. The average Bonchev–Trinajstić information content (AvgIpc) is 2.40. The molecule has 1 aromatic rings. The molecule has 2 N–H and O–H groups in total. The molecule has 0 spiro atoms. The Bertz CT molecular complexity index is 441. The van der Waals surface area contributed by atoms with Crippen LogP contribution in [-0.2, 0) is 4.79 Å². The molecule has 5 heteroatoms. The maximum absolute atomic E-state index is 11.9. The van der Waals surface area contributed by atoms with Gasteiger partial charge in [-0.2, -0.15) is 0 Å². The number of hydrogen-bond acceptors (Lipinski definition) is 3. The van der Waals surface area contributed by atoms with Crippen LogP contribution < -0.4 is 5.32 Å². The maximum atomic E-state index is 11.9. The smallest absolute Gasteiger partial charge is 0.230 e. The highest BCUT2D eigenvalue weighted by Gasteiger charge is 2.24. The molecule has 0 saturated heterocycles. The molecule has 0 aliphatic heterocycles. The van der Waals surface area contributed by atoms with Crippen molar-refractivity contribution in [2.75, 3.05) is 5.75 Å². The second kappa shape index (κ2) is 7.17. The number of amides is 1. The largest absolute Gasteiger partial charge is 0.391 e. The van der Waals surface area contributed by atoms with Crippen molar-refractivity contribution in [3.63, 3.8) is 0 Å². The molecular formula is C14H18ClNO2S. The van der Waals surface area contributed by atoms with Crippen LogP contribution in [-0.4, -0.2) is 28.9 Å². The van der Waals surface area contributed by atoms with Gasteiger partial charge in [-0.3, -0.25) is 4.79 Å². The van der Waals surface area contributed by atoms with E-state index >= 15 is 0 Å². The fourth-order valence-electron chi connectivity index (χ4n) is 2.23. The van der Waals surface area contributed by atoms with Gasteiger partial charge in [0.05, 0.1) is 22.9 Å². The standard InChI is InChI=1S/C14H18ClNO2S/c15-10-5-1-4-8-13(10)19-9-14(18)16-11-6-2-3-7-12(11)17/h1,4-5,8,11-12,17H,2-3,6-7,9H2,(H,16,18). The fraction of sp³-hybridized carbons (Fsp3) is 0.500. The number of rotatable bonds is 4. The lowest BCUT2D eigenvalue weighted by atomic mass is 9.93. The first-order chi connectivity index (χ1) is 9.16. The molecule has 19 heavy (non-hydrogen) atoms. The van der Waals surface area contributed by atoms with Gasteiger partial charge in [0.15, 0.2) is 0 Å². The van der Waals surface area contributed by atoms with E-state index < -0.39 is 6.10 Å². The lowest BCUT2D eigenvalue weighted by Crippen LogP contribution is -2.45. The number of thioether (sulfide) groups is 1. The van der Waals surface area contributed by atoms with E-state index in [9.17, 15) is 9.90 Å². The van der Waals surface area contributed by atoms with E-state index in [4.69, 9.17) is 11.6 Å². The number of hydrogen-bond donors (Lipinski definition) is 2. The van der Waals surface area contributed by atoms with Crippen molar-refractivity contribution in [2.45, 2.75) is 42.7 Å². The SMILES string of the molecule is O=C(CSc1ccccc1Cl)NC1CCCCC1O. The molecule has 104 valence electrons. The lowest BCUT2D eigenvalue weighted by molar-refractivity contribution is -0.120. The maximum Gasteiger partial charge on any atom is 0.230 e. The Labute approximate surface area is 122 Å². The zero-order valence-corrected chi connectivity index (χ0v) is 12.2. The molecule has 1 fully saturated rings. The third kappa shape index (κ3) is 4.41. The van der Waals surface area contributed by atoms with Crippen LogP contribution in [0.25, 0.3) is 0 Å². The number of benzene rings is 1. The summed E-state index contributed by atoms with van der Waals surface area (Å²) in [7, 11) is 0. The summed E-state index contributed by atoms with van der Waals surface area (Å²) >= 11 is 7.45. The van der Waals surface area contributed by atoms with Gasteiger partial charge in [0.1, 0.15) is 0 Å². The highest BCUT2D eigenvalue weighted by Crippen LogP contribution is 2.26. The van der Waals surface area contributed by atoms with Crippen LogP contribution in [0.3, 0.4) is 0 Å². The number of aliphatic hydroxyl groups is 1. The van der Waals surface area contributed by atoms with E-state index in [1.807, 2.05) is 24.3 Å². The Morgan fingerprint density at radius 2 is 2.11 bits per heavy atom. The molecule has 0 aromatic heterocycles. The van der Waals surface area contributed by atoms with Crippen LogP contribution in [0.4, 0.5) is 0 Å². The second-order valence-electron chi connectivity index (χ2n) is 4.74.